The van der Waals surface area contributed by atoms with Crippen LogP contribution in [0.15, 0.2) is 69.3 Å². The van der Waals surface area contributed by atoms with Crippen LogP contribution in [-0.4, -0.2) is 112 Å². The molecule has 0 aliphatic carbocycles. The number of aromatic nitrogens is 2. The Balaban J connectivity index is 0.000000257. The molecular weight excluding hydrogens is 1060 g/mol. The standard InChI is InChI=1S/C15H15ClFN3O3S2.C14H20ClNO2.C11H11Cl2NO2.C5H12NO4P/c1-23-13(21)8-24-12-7-11(10(17)6-9(12)16)18-14-19-4-2-3-5-20(19)15(22)25-14;1-4-11-7-6-8-12(5-2)14(11)16(10-18-3)13(17)9-15;1-7-6-16-9-5-3-2-4-8(9)14(7)11(15)10(12)13;1-11(9,10)3-2-4(6)5(7)8/h6-7H,2-5,8H2,1H3;6-8H,4-5,9-10H2,1-3H3;2-5,7,10H,6H2,1H3;4H,2-3,6H2,1H3,(H,7,8)(H,9,10). The normalized spacial score (nSPS) is 15.2. The minimum absolute atomic E-state index is 0.0371. The van der Waals surface area contributed by atoms with Gasteiger partial charge in [-0.25, -0.2) is 14.1 Å². The van der Waals surface area contributed by atoms with Crippen molar-refractivity contribution in [3.63, 3.8) is 0 Å². The number of carboxylic acid groups (broad SMARTS) is 1. The summed E-state index contributed by atoms with van der Waals surface area (Å²) in [6, 6.07) is 15.0. The van der Waals surface area contributed by atoms with Crippen molar-refractivity contribution in [1.82, 2.24) is 9.36 Å². The quantitative estimate of drug-likeness (QED) is 0.0337. The average Bonchev–Trinajstić information content (AvgIpc) is 3.66. The molecule has 3 unspecified atom stereocenters. The van der Waals surface area contributed by atoms with Crippen molar-refractivity contribution in [2.75, 3.05) is 61.8 Å². The van der Waals surface area contributed by atoms with Gasteiger partial charge in [0.1, 0.15) is 42.5 Å². The molecule has 2 aliphatic heterocycles. The molecule has 3 aromatic carbocycles. The van der Waals surface area contributed by atoms with E-state index in [1.165, 1.54) is 19.8 Å². The second kappa shape index (κ2) is 29.5. The Morgan fingerprint density at radius 3 is 2.24 bits per heavy atom. The summed E-state index contributed by atoms with van der Waals surface area (Å²) in [5, 5.41) is 8.48. The number of benzene rings is 3. The van der Waals surface area contributed by atoms with E-state index in [1.54, 1.807) is 26.3 Å². The van der Waals surface area contributed by atoms with Crippen molar-refractivity contribution in [3.05, 3.63) is 91.0 Å². The number of rotatable bonds is 15. The fourth-order valence-electron chi connectivity index (χ4n) is 6.70. The molecule has 17 nitrogen and oxygen atoms in total. The zero-order chi connectivity index (χ0) is 52.3. The first-order chi connectivity index (χ1) is 33.1. The van der Waals surface area contributed by atoms with Crippen molar-refractivity contribution in [2.45, 2.75) is 87.8 Å². The number of nitrogens with two attached hydrogens (primary N) is 1. The summed E-state index contributed by atoms with van der Waals surface area (Å²) < 4.78 is 43.5. The average molecular weight is 1110 g/mol. The zero-order valence-corrected chi connectivity index (χ0v) is 45.0. The zero-order valence-electron chi connectivity index (χ0n) is 39.4. The maximum Gasteiger partial charge on any atom is 0.325 e. The van der Waals surface area contributed by atoms with Gasteiger partial charge in [-0.3, -0.25) is 38.1 Å². The van der Waals surface area contributed by atoms with Gasteiger partial charge in [0.15, 0.2) is 12.2 Å². The third kappa shape index (κ3) is 18.0. The molecule has 2 aliphatic rings. The van der Waals surface area contributed by atoms with E-state index in [2.05, 4.69) is 23.6 Å². The summed E-state index contributed by atoms with van der Waals surface area (Å²) in [6.07, 6.45) is 3.64. The van der Waals surface area contributed by atoms with Crippen LogP contribution in [0.25, 0.3) is 0 Å². The molecule has 0 fully saturated rings. The lowest BCUT2D eigenvalue weighted by molar-refractivity contribution is -0.139. The Labute approximate surface area is 434 Å². The smallest absolute Gasteiger partial charge is 0.325 e. The molecule has 6 rings (SSSR count). The number of carbonyl (C=O) groups excluding carboxylic acids is 3. The first-order valence-electron chi connectivity index (χ1n) is 21.7. The molecule has 386 valence electrons. The van der Waals surface area contributed by atoms with Crippen LogP contribution in [0, 0.1) is 5.82 Å². The second-order valence-corrected chi connectivity index (χ2v) is 21.7. The van der Waals surface area contributed by atoms with Crippen LogP contribution in [0.4, 0.5) is 21.5 Å². The topological polar surface area (TPSA) is 225 Å². The number of ether oxygens (including phenoxy) is 3. The molecule has 0 saturated heterocycles. The van der Waals surface area contributed by atoms with Crippen LogP contribution in [-0.2, 0) is 59.1 Å². The molecule has 4 N–H and O–H groups in total. The number of nitrogens with zero attached hydrogens (tertiary/aromatic N) is 5. The first-order valence-corrected chi connectivity index (χ1v) is 27.6. The number of para-hydroxylation sites is 3. The highest BCUT2D eigenvalue weighted by Crippen LogP contribution is 2.37. The van der Waals surface area contributed by atoms with Gasteiger partial charge < -0.3 is 34.8 Å². The summed E-state index contributed by atoms with van der Waals surface area (Å²) >= 11 is 25.1. The van der Waals surface area contributed by atoms with Gasteiger partial charge in [0, 0.05) is 37.9 Å². The van der Waals surface area contributed by atoms with Crippen molar-refractivity contribution < 1.29 is 52.3 Å². The van der Waals surface area contributed by atoms with Crippen LogP contribution >= 0.6 is 76.9 Å². The molecule has 4 aromatic rings. The van der Waals surface area contributed by atoms with E-state index in [0.717, 1.165) is 77.3 Å². The second-order valence-electron chi connectivity index (χ2n) is 15.5. The number of aryl methyl sites for hydroxylation is 2. The van der Waals surface area contributed by atoms with Gasteiger partial charge in [-0.15, -0.1) is 23.4 Å². The van der Waals surface area contributed by atoms with Crippen LogP contribution in [0.2, 0.25) is 5.02 Å². The van der Waals surface area contributed by atoms with E-state index < -0.39 is 36.0 Å². The number of hydrogen-bond acceptors (Lipinski definition) is 13. The third-order valence-corrected chi connectivity index (χ3v) is 14.2. The van der Waals surface area contributed by atoms with Crippen molar-refractivity contribution in [1.29, 1.82) is 0 Å². The van der Waals surface area contributed by atoms with E-state index in [1.807, 2.05) is 49.4 Å². The number of halogens is 5. The lowest BCUT2D eigenvalue weighted by atomic mass is 10.0. The van der Waals surface area contributed by atoms with E-state index in [9.17, 15) is 32.9 Å². The molecule has 2 amide bonds. The van der Waals surface area contributed by atoms with Crippen LogP contribution in [0.3, 0.4) is 0 Å². The van der Waals surface area contributed by atoms with Crippen molar-refractivity contribution in [3.8, 4) is 5.75 Å². The minimum atomic E-state index is -3.10. The van der Waals surface area contributed by atoms with Crippen LogP contribution in [0.5, 0.6) is 5.75 Å². The molecule has 0 saturated carbocycles. The Kier molecular flexibility index (Phi) is 25.5. The maximum atomic E-state index is 14.3. The molecule has 25 heteroatoms. The van der Waals surface area contributed by atoms with Gasteiger partial charge >= 0.3 is 16.8 Å². The molecule has 1 aromatic heterocycles. The number of aliphatic carboxylic acids is 1. The summed E-state index contributed by atoms with van der Waals surface area (Å²) in [5.74, 6) is -1.86. The van der Waals surface area contributed by atoms with Gasteiger partial charge in [-0.05, 0) is 85.8 Å². The number of esters is 1. The summed E-state index contributed by atoms with van der Waals surface area (Å²) in [6.45, 7) is 9.23. The molecular formula is C45H58Cl4FN6O11PS2. The Bertz CT molecular complexity index is 2570. The number of hydrogen-bond donors (Lipinski definition) is 3. The minimum Gasteiger partial charge on any atom is -0.489 e. The Morgan fingerprint density at radius 2 is 1.69 bits per heavy atom. The van der Waals surface area contributed by atoms with Crippen LogP contribution in [0.1, 0.15) is 51.2 Å². The number of fused-ring (bicyclic) bond motifs is 2. The summed E-state index contributed by atoms with van der Waals surface area (Å²) in [7, 11) is -0.228. The SMILES string of the molecule is CC1COc2ccccc2N1C(=O)C(Cl)Cl.CCc1cccc(CC)c1N(COC)C(=O)CCl.COC(=O)CSc1cc(N=c2sc(=O)n3n2CCCC3)c(F)cc1Cl.CP(=O)(O)CCC(N)C(=O)O. The molecule has 0 bridgehead atoms. The fraction of sp³-hybridized carbons (Fsp3) is 0.467. The van der Waals surface area contributed by atoms with Gasteiger partial charge in [-0.1, -0.05) is 79.0 Å². The largest absolute Gasteiger partial charge is 0.489 e. The number of carbonyl (C=O) groups is 4. The van der Waals surface area contributed by atoms with E-state index in [-0.39, 0.29) is 64.4 Å². The first kappa shape index (κ1) is 60.4. The molecule has 0 radical (unpaired) electrons. The summed E-state index contributed by atoms with van der Waals surface area (Å²) in [4.78, 5) is 73.4. The lowest BCUT2D eigenvalue weighted by Gasteiger charge is -2.35. The highest BCUT2D eigenvalue weighted by atomic mass is 35.5. The van der Waals surface area contributed by atoms with Gasteiger partial charge in [-0.2, -0.15) is 0 Å². The maximum absolute atomic E-state index is 14.3. The van der Waals surface area contributed by atoms with Gasteiger partial charge in [0.25, 0.3) is 5.91 Å². The van der Waals surface area contributed by atoms with E-state index >= 15 is 0 Å². The van der Waals surface area contributed by atoms with E-state index in [0.29, 0.717) is 35.1 Å². The highest BCUT2D eigenvalue weighted by Gasteiger charge is 2.32. The molecule has 0 spiro atoms. The predicted octanol–water partition coefficient (Wildman–Crippen LogP) is 8.08. The fourth-order valence-corrected chi connectivity index (χ4v) is 9.80. The number of amides is 2. The number of thioether (sulfide) groups is 1. The highest BCUT2D eigenvalue weighted by molar-refractivity contribution is 8.00. The predicted molar refractivity (Wildman–Crippen MR) is 276 cm³/mol. The lowest BCUT2D eigenvalue weighted by Crippen LogP contribution is -2.47. The van der Waals surface area contributed by atoms with Gasteiger partial charge in [0.05, 0.1) is 35.3 Å². The Hall–Kier alpha value is -3.95. The monoisotopic (exact) mass is 1110 g/mol. The van der Waals surface area contributed by atoms with Gasteiger partial charge in [0.2, 0.25) is 10.7 Å². The molecule has 3 atom stereocenters. The number of carboxylic acids is 1. The summed E-state index contributed by atoms with van der Waals surface area (Å²) in [5.41, 5.74) is 9.14. The number of anilines is 2. The van der Waals surface area contributed by atoms with E-state index in [4.69, 9.17) is 71.6 Å². The van der Waals surface area contributed by atoms with Crippen molar-refractivity contribution in [2.24, 2.45) is 10.7 Å². The Morgan fingerprint density at radius 1 is 1.06 bits per heavy atom. The number of methoxy groups -OCH3 is 2. The van der Waals surface area contributed by atoms with Crippen molar-refractivity contribution >= 4 is 118 Å². The number of alkyl halides is 3. The van der Waals surface area contributed by atoms with Crippen LogP contribution < -0.4 is 29.9 Å². The molecule has 70 heavy (non-hydrogen) atoms. The third-order valence-electron chi connectivity index (χ3n) is 10.2. The molecule has 3 heterocycles.